The molecule has 0 unspecified atom stereocenters. The molecule has 204 valence electrons. The average molecular weight is 499 g/mol. The maximum atomic E-state index is 13.6. The van der Waals surface area contributed by atoms with Gasteiger partial charge < -0.3 is 24.0 Å². The van der Waals surface area contributed by atoms with E-state index >= 15 is 0 Å². The summed E-state index contributed by atoms with van der Waals surface area (Å²) in [7, 11) is 5.02. The second kappa shape index (κ2) is 14.8. The Morgan fingerprint density at radius 2 is 1.63 bits per heavy atom. The summed E-state index contributed by atoms with van der Waals surface area (Å²) in [6, 6.07) is -0.424. The van der Waals surface area contributed by atoms with E-state index in [1.54, 1.807) is 33.0 Å². The number of rotatable bonds is 14. The van der Waals surface area contributed by atoms with Gasteiger partial charge in [-0.3, -0.25) is 14.4 Å². The van der Waals surface area contributed by atoms with Crippen molar-refractivity contribution in [1.82, 2.24) is 9.80 Å². The predicted octanol–water partition coefficient (Wildman–Crippen LogP) is 3.76. The number of methoxy groups -OCH3 is 2. The number of amides is 2. The number of hydrogen-bond donors (Lipinski definition) is 0. The summed E-state index contributed by atoms with van der Waals surface area (Å²) in [6.45, 7) is 14.7. The molecule has 1 rings (SSSR count). The summed E-state index contributed by atoms with van der Waals surface area (Å²) in [5, 5.41) is 0. The maximum absolute atomic E-state index is 13.6. The fraction of sp³-hybridized carbons (Fsp3) is 0.889. The molecular weight excluding hydrogens is 448 g/mol. The van der Waals surface area contributed by atoms with Crippen LogP contribution in [0.15, 0.2) is 0 Å². The van der Waals surface area contributed by atoms with Crippen LogP contribution < -0.4 is 0 Å². The Kier molecular flexibility index (Phi) is 13.2. The molecule has 8 heteroatoms. The third-order valence-electron chi connectivity index (χ3n) is 7.89. The SMILES string of the molecule is CCOC(=O)[C@H](C)[C@@H](OC)[C@@H]1CCCN1C(=O)C[C@@H](OC)[C@H]([C@@H](C)CC)N(C)C(=O)[C@@H](C)C(C)C. The van der Waals surface area contributed by atoms with E-state index < -0.39 is 18.1 Å². The molecule has 0 spiro atoms. The van der Waals surface area contributed by atoms with E-state index in [0.29, 0.717) is 13.2 Å². The Balaban J connectivity index is 3.11. The van der Waals surface area contributed by atoms with Crippen LogP contribution in [0.4, 0.5) is 0 Å². The number of likely N-dealkylation sites (tertiary alicyclic amines) is 1. The zero-order valence-corrected chi connectivity index (χ0v) is 23.7. The molecule has 8 nitrogen and oxygen atoms in total. The van der Waals surface area contributed by atoms with Crippen LogP contribution in [-0.2, 0) is 28.6 Å². The van der Waals surface area contributed by atoms with Gasteiger partial charge in [0.1, 0.15) is 0 Å². The molecule has 0 bridgehead atoms. The van der Waals surface area contributed by atoms with Crippen LogP contribution in [-0.4, -0.2) is 86.3 Å². The van der Waals surface area contributed by atoms with Gasteiger partial charge in [-0.05, 0) is 38.5 Å². The monoisotopic (exact) mass is 498 g/mol. The zero-order chi connectivity index (χ0) is 26.9. The molecule has 1 aliphatic rings. The van der Waals surface area contributed by atoms with Gasteiger partial charge in [-0.2, -0.15) is 0 Å². The summed E-state index contributed by atoms with van der Waals surface area (Å²) in [6.07, 6.45) is 1.77. The van der Waals surface area contributed by atoms with E-state index in [-0.39, 0.29) is 54.0 Å². The zero-order valence-electron chi connectivity index (χ0n) is 23.7. The normalized spacial score (nSPS) is 21.2. The third-order valence-corrected chi connectivity index (χ3v) is 7.89. The molecule has 0 aliphatic carbocycles. The number of hydrogen-bond acceptors (Lipinski definition) is 6. The summed E-state index contributed by atoms with van der Waals surface area (Å²) in [5.74, 6) is -0.496. The summed E-state index contributed by atoms with van der Waals surface area (Å²) in [4.78, 5) is 42.8. The molecule has 0 saturated carbocycles. The van der Waals surface area contributed by atoms with Crippen molar-refractivity contribution in [3.8, 4) is 0 Å². The van der Waals surface area contributed by atoms with Crippen molar-refractivity contribution in [2.75, 3.05) is 34.4 Å². The van der Waals surface area contributed by atoms with Crippen molar-refractivity contribution in [2.24, 2.45) is 23.7 Å². The van der Waals surface area contributed by atoms with Crippen LogP contribution in [0.25, 0.3) is 0 Å². The number of esters is 1. The summed E-state index contributed by atoms with van der Waals surface area (Å²) < 4.78 is 16.8. The Bertz CT molecular complexity index is 685. The Labute approximate surface area is 213 Å². The molecular formula is C27H50N2O6. The molecule has 35 heavy (non-hydrogen) atoms. The van der Waals surface area contributed by atoms with Crippen LogP contribution in [0.3, 0.4) is 0 Å². The molecule has 7 atom stereocenters. The van der Waals surface area contributed by atoms with Crippen LogP contribution in [0.2, 0.25) is 0 Å². The molecule has 0 radical (unpaired) electrons. The minimum absolute atomic E-state index is 0.0384. The molecule has 0 aromatic heterocycles. The fourth-order valence-corrected chi connectivity index (χ4v) is 5.17. The highest BCUT2D eigenvalue weighted by atomic mass is 16.5. The van der Waals surface area contributed by atoms with Gasteiger partial charge in [0, 0.05) is 33.7 Å². The van der Waals surface area contributed by atoms with E-state index in [1.165, 1.54) is 0 Å². The third kappa shape index (κ3) is 7.91. The van der Waals surface area contributed by atoms with Crippen LogP contribution >= 0.6 is 0 Å². The maximum Gasteiger partial charge on any atom is 0.311 e. The lowest BCUT2D eigenvalue weighted by atomic mass is 9.88. The number of nitrogens with zero attached hydrogens (tertiary/aromatic N) is 2. The first-order valence-corrected chi connectivity index (χ1v) is 13.2. The lowest BCUT2D eigenvalue weighted by Crippen LogP contribution is -2.53. The van der Waals surface area contributed by atoms with E-state index in [1.807, 2.05) is 32.7 Å². The lowest BCUT2D eigenvalue weighted by molar-refractivity contribution is -0.156. The van der Waals surface area contributed by atoms with Crippen molar-refractivity contribution in [2.45, 2.75) is 98.4 Å². The minimum Gasteiger partial charge on any atom is -0.466 e. The number of ether oxygens (including phenoxy) is 3. The molecule has 2 amide bonds. The molecule has 0 aromatic carbocycles. The molecule has 1 fully saturated rings. The topological polar surface area (TPSA) is 85.4 Å². The number of carbonyl (C=O) groups excluding carboxylic acids is 3. The summed E-state index contributed by atoms with van der Waals surface area (Å²) in [5.41, 5.74) is 0. The Morgan fingerprint density at radius 3 is 2.11 bits per heavy atom. The largest absolute Gasteiger partial charge is 0.466 e. The van der Waals surface area contributed by atoms with Gasteiger partial charge in [0.25, 0.3) is 0 Å². The van der Waals surface area contributed by atoms with E-state index in [9.17, 15) is 14.4 Å². The molecule has 1 aliphatic heterocycles. The van der Waals surface area contributed by atoms with Crippen molar-refractivity contribution >= 4 is 17.8 Å². The summed E-state index contributed by atoms with van der Waals surface area (Å²) >= 11 is 0. The molecule has 0 N–H and O–H groups in total. The number of likely N-dealkylation sites (N-methyl/N-ethyl adjacent to an activating group) is 1. The van der Waals surface area contributed by atoms with E-state index in [0.717, 1.165) is 19.3 Å². The second-order valence-corrected chi connectivity index (χ2v) is 10.4. The van der Waals surface area contributed by atoms with Gasteiger partial charge in [-0.1, -0.05) is 41.0 Å². The Morgan fingerprint density at radius 1 is 1.00 bits per heavy atom. The van der Waals surface area contributed by atoms with Gasteiger partial charge in [-0.15, -0.1) is 0 Å². The highest BCUT2D eigenvalue weighted by Crippen LogP contribution is 2.30. The number of carbonyl (C=O) groups is 3. The van der Waals surface area contributed by atoms with Crippen molar-refractivity contribution in [3.63, 3.8) is 0 Å². The highest BCUT2D eigenvalue weighted by Gasteiger charge is 2.42. The van der Waals surface area contributed by atoms with Crippen LogP contribution in [0, 0.1) is 23.7 Å². The predicted molar refractivity (Wildman–Crippen MR) is 137 cm³/mol. The first kappa shape index (κ1) is 31.4. The first-order valence-electron chi connectivity index (χ1n) is 13.2. The Hall–Kier alpha value is -1.67. The van der Waals surface area contributed by atoms with Crippen LogP contribution in [0.5, 0.6) is 0 Å². The quantitative estimate of drug-likeness (QED) is 0.339. The minimum atomic E-state index is -0.481. The molecule has 0 aromatic rings. The smallest absolute Gasteiger partial charge is 0.311 e. The fourth-order valence-electron chi connectivity index (χ4n) is 5.17. The van der Waals surface area contributed by atoms with Gasteiger partial charge in [0.05, 0.1) is 43.2 Å². The standard InChI is InChI=1S/C27H50N2O6/c1-11-18(5)24(28(8)26(31)19(6)17(3)4)22(33-9)16-23(30)29-15-13-14-21(29)25(34-10)20(7)27(32)35-12-2/h17-22,24-25H,11-16H2,1-10H3/t18-,19-,20+,21-,22+,24-,25+/m0/s1. The van der Waals surface area contributed by atoms with Gasteiger partial charge in [-0.25, -0.2) is 0 Å². The van der Waals surface area contributed by atoms with Gasteiger partial charge >= 0.3 is 5.97 Å². The van der Waals surface area contributed by atoms with Crippen LogP contribution in [0.1, 0.15) is 74.1 Å². The average Bonchev–Trinajstić information content (AvgIpc) is 3.32. The van der Waals surface area contributed by atoms with Gasteiger partial charge in [0.15, 0.2) is 0 Å². The lowest BCUT2D eigenvalue weighted by Gasteiger charge is -2.40. The highest BCUT2D eigenvalue weighted by molar-refractivity contribution is 5.80. The molecule has 1 saturated heterocycles. The van der Waals surface area contributed by atoms with E-state index in [4.69, 9.17) is 14.2 Å². The van der Waals surface area contributed by atoms with Gasteiger partial charge in [0.2, 0.25) is 11.8 Å². The first-order chi connectivity index (χ1) is 16.5. The van der Waals surface area contributed by atoms with Crippen molar-refractivity contribution < 1.29 is 28.6 Å². The molecule has 1 heterocycles. The van der Waals surface area contributed by atoms with Crippen molar-refractivity contribution in [1.29, 1.82) is 0 Å². The second-order valence-electron chi connectivity index (χ2n) is 10.4. The van der Waals surface area contributed by atoms with E-state index in [2.05, 4.69) is 13.8 Å². The van der Waals surface area contributed by atoms with Crippen molar-refractivity contribution in [3.05, 3.63) is 0 Å².